The van der Waals surface area contributed by atoms with Crippen molar-refractivity contribution in [1.29, 1.82) is 0 Å². The Bertz CT molecular complexity index is 1470. The molecule has 37 heavy (non-hydrogen) atoms. The Morgan fingerprint density at radius 2 is 1.68 bits per heavy atom. The normalized spacial score (nSPS) is 13.4. The summed E-state index contributed by atoms with van der Waals surface area (Å²) in [6.45, 7) is 15.5. The summed E-state index contributed by atoms with van der Waals surface area (Å²) < 4.78 is 8.94. The number of rotatable bonds is 10. The van der Waals surface area contributed by atoms with Crippen LogP contribution in [0, 0.1) is 0 Å². The Hall–Kier alpha value is -2.81. The third kappa shape index (κ3) is 5.02. The third-order valence-electron chi connectivity index (χ3n) is 7.45. The second-order valence-corrected chi connectivity index (χ2v) is 12.1. The monoisotopic (exact) mass is 558 g/mol. The molecule has 4 heteroatoms. The average Bonchev–Trinajstić information content (AvgIpc) is 3.36. The molecule has 0 unspecified atom stereocenters. The molecule has 0 atom stereocenters. The van der Waals surface area contributed by atoms with Gasteiger partial charge in [-0.2, -0.15) is 0 Å². The summed E-state index contributed by atoms with van der Waals surface area (Å²) in [6, 6.07) is 18.1. The summed E-state index contributed by atoms with van der Waals surface area (Å²) in [4.78, 5) is 7.75. The molecule has 0 fully saturated rings. The summed E-state index contributed by atoms with van der Waals surface area (Å²) >= 11 is 0.129. The van der Waals surface area contributed by atoms with E-state index in [0.29, 0.717) is 0 Å². The molecule has 0 radical (unpaired) electrons. The van der Waals surface area contributed by atoms with Crippen molar-refractivity contribution in [2.75, 3.05) is 18.0 Å². The molecule has 0 bridgehead atoms. The molecule has 1 aliphatic rings. The van der Waals surface area contributed by atoms with Crippen LogP contribution >= 0.6 is 0 Å². The van der Waals surface area contributed by atoms with Crippen molar-refractivity contribution in [1.82, 2.24) is 4.98 Å². The maximum absolute atomic E-state index is 6.46. The number of benzene rings is 3. The Morgan fingerprint density at radius 3 is 2.38 bits per heavy atom. The third-order valence-corrected chi connectivity index (χ3v) is 9.62. The number of ether oxygens (including phenoxy) is 1. The van der Waals surface area contributed by atoms with Crippen molar-refractivity contribution >= 4 is 51.9 Å². The van der Waals surface area contributed by atoms with Crippen LogP contribution in [0.1, 0.15) is 75.5 Å². The Balaban J connectivity index is 1.57. The number of unbranched alkanes of at least 4 members (excludes halogenated alkanes) is 2. The molecule has 3 nitrogen and oxygen atoms in total. The number of aryl methyl sites for hydroxylation is 1. The van der Waals surface area contributed by atoms with Gasteiger partial charge in [0.25, 0.3) is 0 Å². The van der Waals surface area contributed by atoms with E-state index in [1.54, 1.807) is 0 Å². The number of hydrogen-bond acceptors (Lipinski definition) is 3. The number of hydrogen-bond donors (Lipinski definition) is 0. The average molecular weight is 558 g/mol. The van der Waals surface area contributed by atoms with Gasteiger partial charge in [-0.25, -0.2) is 0 Å². The van der Waals surface area contributed by atoms with Crippen LogP contribution in [0.3, 0.4) is 0 Å². The minimum atomic E-state index is 0.129. The van der Waals surface area contributed by atoms with Gasteiger partial charge in [0.1, 0.15) is 0 Å². The van der Waals surface area contributed by atoms with Gasteiger partial charge in [0, 0.05) is 0 Å². The molecule has 0 N–H and O–H groups in total. The Labute approximate surface area is 227 Å². The first kappa shape index (κ1) is 25.8. The SMILES string of the molecule is C=C1Oc2cc(N(CCCC)CCCC)ccc2C(CC)=C1c1nc2c(ccc3cc(CC)ccc32)[se]1. The van der Waals surface area contributed by atoms with Gasteiger partial charge >= 0.3 is 228 Å². The predicted octanol–water partition coefficient (Wildman–Crippen LogP) is 8.64. The Morgan fingerprint density at radius 1 is 0.892 bits per heavy atom. The molecule has 0 saturated carbocycles. The van der Waals surface area contributed by atoms with Crippen LogP contribution in [0.5, 0.6) is 5.75 Å². The molecular weight excluding hydrogens is 519 g/mol. The van der Waals surface area contributed by atoms with E-state index >= 15 is 0 Å². The standard InChI is InChI=1S/C33H38N2OSe/c1-6-10-18-35(19-11-7-2)25-14-16-28-26(9-4)31(22(5)36-29(28)21-25)33-34-32-27-15-12-23(8-3)20-24(27)13-17-30(32)37-33/h12-17,20-21H,5-11,18-19H2,1-4H3. The van der Waals surface area contributed by atoms with E-state index < -0.39 is 0 Å². The molecular formula is C33H38N2OSe. The Kier molecular flexibility index (Phi) is 7.88. The van der Waals surface area contributed by atoms with Crippen molar-refractivity contribution in [3.8, 4) is 5.75 Å². The van der Waals surface area contributed by atoms with E-state index in [1.165, 1.54) is 63.1 Å². The van der Waals surface area contributed by atoms with Gasteiger partial charge in [-0.15, -0.1) is 0 Å². The van der Waals surface area contributed by atoms with E-state index in [1.807, 2.05) is 0 Å². The molecule has 3 aromatic carbocycles. The van der Waals surface area contributed by atoms with Crippen LogP contribution in [0.4, 0.5) is 5.69 Å². The van der Waals surface area contributed by atoms with E-state index in [-0.39, 0.29) is 14.5 Å². The van der Waals surface area contributed by atoms with Crippen LogP contribution in [-0.2, 0) is 6.42 Å². The number of nitrogens with zero attached hydrogens (tertiary/aromatic N) is 2. The number of anilines is 1. The molecule has 5 rings (SSSR count). The zero-order valence-corrected chi connectivity index (χ0v) is 24.4. The minimum absolute atomic E-state index is 0.129. The summed E-state index contributed by atoms with van der Waals surface area (Å²) in [6.07, 6.45) is 6.78. The second kappa shape index (κ2) is 11.3. The fourth-order valence-corrected chi connectivity index (χ4v) is 7.56. The number of fused-ring (bicyclic) bond motifs is 4. The van der Waals surface area contributed by atoms with Crippen molar-refractivity contribution in [3.63, 3.8) is 0 Å². The first-order chi connectivity index (χ1) is 18.1. The van der Waals surface area contributed by atoms with Crippen molar-refractivity contribution in [2.24, 2.45) is 0 Å². The molecule has 192 valence electrons. The van der Waals surface area contributed by atoms with Crippen molar-refractivity contribution in [3.05, 3.63) is 76.6 Å². The van der Waals surface area contributed by atoms with Gasteiger partial charge in [-0.05, 0) is 0 Å². The summed E-state index contributed by atoms with van der Waals surface area (Å²) in [5, 5.41) is 2.52. The first-order valence-electron chi connectivity index (χ1n) is 13.9. The van der Waals surface area contributed by atoms with E-state index in [0.717, 1.165) is 53.1 Å². The fourth-order valence-electron chi connectivity index (χ4n) is 5.31. The van der Waals surface area contributed by atoms with Crippen LogP contribution in [0.25, 0.3) is 31.7 Å². The van der Waals surface area contributed by atoms with Crippen LogP contribution < -0.4 is 9.64 Å². The molecule has 0 spiro atoms. The molecule has 0 aliphatic carbocycles. The quantitative estimate of drug-likeness (QED) is 0.183. The van der Waals surface area contributed by atoms with Gasteiger partial charge in [0.05, 0.1) is 0 Å². The van der Waals surface area contributed by atoms with Gasteiger partial charge in [-0.3, -0.25) is 0 Å². The van der Waals surface area contributed by atoms with Crippen LogP contribution in [-0.4, -0.2) is 32.6 Å². The van der Waals surface area contributed by atoms with Gasteiger partial charge in [0.2, 0.25) is 0 Å². The van der Waals surface area contributed by atoms with E-state index in [4.69, 9.17) is 9.72 Å². The zero-order chi connectivity index (χ0) is 25.9. The molecule has 1 aromatic heterocycles. The van der Waals surface area contributed by atoms with Crippen molar-refractivity contribution < 1.29 is 4.74 Å². The maximum atomic E-state index is 6.46. The molecule has 1 aliphatic heterocycles. The fraction of sp³-hybridized carbons (Fsp3) is 0.364. The number of allylic oxidation sites excluding steroid dienone is 2. The summed E-state index contributed by atoms with van der Waals surface area (Å²) in [7, 11) is 0. The summed E-state index contributed by atoms with van der Waals surface area (Å²) in [5.74, 6) is 1.67. The molecule has 4 aromatic rings. The predicted molar refractivity (Wildman–Crippen MR) is 161 cm³/mol. The molecule has 0 amide bonds. The molecule has 2 heterocycles. The summed E-state index contributed by atoms with van der Waals surface area (Å²) in [5.41, 5.74) is 7.36. The van der Waals surface area contributed by atoms with E-state index in [2.05, 4.69) is 87.7 Å². The van der Waals surface area contributed by atoms with Gasteiger partial charge in [-0.1, -0.05) is 0 Å². The van der Waals surface area contributed by atoms with Crippen LogP contribution in [0.15, 0.2) is 60.9 Å². The first-order valence-corrected chi connectivity index (χ1v) is 15.6. The van der Waals surface area contributed by atoms with Crippen molar-refractivity contribution in [2.45, 2.75) is 66.2 Å². The molecule has 0 saturated heterocycles. The van der Waals surface area contributed by atoms with Gasteiger partial charge < -0.3 is 0 Å². The van der Waals surface area contributed by atoms with Gasteiger partial charge in [0.15, 0.2) is 0 Å². The van der Waals surface area contributed by atoms with Crippen LogP contribution in [0.2, 0.25) is 0 Å². The van der Waals surface area contributed by atoms with E-state index in [9.17, 15) is 0 Å². The second-order valence-electron chi connectivity index (χ2n) is 9.95. The zero-order valence-electron chi connectivity index (χ0n) is 22.7. The number of aromatic nitrogens is 1. The topological polar surface area (TPSA) is 25.4 Å².